The lowest BCUT2D eigenvalue weighted by molar-refractivity contribution is 0.0516. The van der Waals surface area contributed by atoms with Crippen molar-refractivity contribution in [1.29, 1.82) is 0 Å². The van der Waals surface area contributed by atoms with Gasteiger partial charge in [0.1, 0.15) is 5.01 Å². The molecule has 1 N–H and O–H groups in total. The summed E-state index contributed by atoms with van der Waals surface area (Å²) < 4.78 is 0. The second-order valence-corrected chi connectivity index (χ2v) is 7.07. The number of thiazole rings is 1. The Hall–Kier alpha value is -0.450. The molecular weight excluding hydrogens is 242 g/mol. The van der Waals surface area contributed by atoms with Crippen LogP contribution in [-0.4, -0.2) is 34.6 Å². The molecule has 0 aromatic carbocycles. The van der Waals surface area contributed by atoms with E-state index in [1.54, 1.807) is 11.3 Å². The minimum Gasteiger partial charge on any atom is -0.308 e. The van der Waals surface area contributed by atoms with Crippen molar-refractivity contribution >= 4 is 11.3 Å². The molecule has 0 spiro atoms. The summed E-state index contributed by atoms with van der Waals surface area (Å²) in [6.45, 7) is 9.28. The highest BCUT2D eigenvalue weighted by atomic mass is 32.1. The molecule has 2 aliphatic rings. The summed E-state index contributed by atoms with van der Waals surface area (Å²) in [5.74, 6) is 0.885. The summed E-state index contributed by atoms with van der Waals surface area (Å²) >= 11 is 1.78. The number of rotatable bonds is 3. The van der Waals surface area contributed by atoms with Gasteiger partial charge >= 0.3 is 0 Å². The van der Waals surface area contributed by atoms with Crippen molar-refractivity contribution in [2.24, 2.45) is 5.92 Å². The van der Waals surface area contributed by atoms with E-state index in [-0.39, 0.29) is 0 Å². The molecule has 18 heavy (non-hydrogen) atoms. The van der Waals surface area contributed by atoms with Gasteiger partial charge in [-0.25, -0.2) is 4.98 Å². The Kier molecular flexibility index (Phi) is 3.20. The summed E-state index contributed by atoms with van der Waals surface area (Å²) in [7, 11) is 0. The fraction of sp³-hybridized carbons (Fsp3) is 0.786. The number of piperazine rings is 1. The Morgan fingerprint density at radius 1 is 1.56 bits per heavy atom. The molecule has 3 atom stereocenters. The Morgan fingerprint density at radius 2 is 2.33 bits per heavy atom. The monoisotopic (exact) mass is 265 g/mol. The van der Waals surface area contributed by atoms with Gasteiger partial charge in [0.2, 0.25) is 0 Å². The van der Waals surface area contributed by atoms with Crippen molar-refractivity contribution < 1.29 is 0 Å². The van der Waals surface area contributed by atoms with Crippen LogP contribution in [0.3, 0.4) is 0 Å². The zero-order valence-corrected chi connectivity index (χ0v) is 12.3. The number of aromatic nitrogens is 1. The van der Waals surface area contributed by atoms with Gasteiger partial charge in [-0.05, 0) is 39.5 Å². The van der Waals surface area contributed by atoms with Crippen LogP contribution < -0.4 is 5.32 Å². The Bertz CT molecular complexity index is 401. The maximum atomic E-state index is 4.49. The van der Waals surface area contributed by atoms with Crippen LogP contribution in [0, 0.1) is 5.92 Å². The van der Waals surface area contributed by atoms with Crippen molar-refractivity contribution in [3.05, 3.63) is 16.6 Å². The van der Waals surface area contributed by atoms with E-state index in [4.69, 9.17) is 0 Å². The van der Waals surface area contributed by atoms with Gasteiger partial charge in [0, 0.05) is 36.2 Å². The summed E-state index contributed by atoms with van der Waals surface area (Å²) in [6.07, 6.45) is 4.72. The molecule has 100 valence electrons. The number of nitrogens with one attached hydrogen (secondary N) is 1. The molecule has 1 saturated carbocycles. The quantitative estimate of drug-likeness (QED) is 0.910. The summed E-state index contributed by atoms with van der Waals surface area (Å²) in [6, 6.07) is 1.04. The average molecular weight is 265 g/mol. The first-order chi connectivity index (χ1) is 8.60. The van der Waals surface area contributed by atoms with Gasteiger partial charge in [-0.1, -0.05) is 0 Å². The zero-order chi connectivity index (χ0) is 12.8. The van der Waals surface area contributed by atoms with Crippen LogP contribution >= 0.6 is 11.3 Å². The van der Waals surface area contributed by atoms with Crippen molar-refractivity contribution in [3.63, 3.8) is 0 Å². The van der Waals surface area contributed by atoms with Crippen molar-refractivity contribution in [1.82, 2.24) is 15.2 Å². The minimum atomic E-state index is 0.317. The first-order valence-corrected chi connectivity index (χ1v) is 7.88. The molecule has 4 heteroatoms. The van der Waals surface area contributed by atoms with E-state index < -0.39 is 0 Å². The first-order valence-electron chi connectivity index (χ1n) is 7.00. The fourth-order valence-electron chi connectivity index (χ4n) is 3.18. The molecule has 3 nitrogen and oxygen atoms in total. The third-order valence-electron chi connectivity index (χ3n) is 4.66. The van der Waals surface area contributed by atoms with Gasteiger partial charge in [0.25, 0.3) is 0 Å². The van der Waals surface area contributed by atoms with Crippen LogP contribution in [0.25, 0.3) is 0 Å². The molecule has 2 heterocycles. The normalized spacial score (nSPS) is 35.6. The largest absolute Gasteiger partial charge is 0.308 e. The maximum Gasteiger partial charge on any atom is 0.109 e. The van der Waals surface area contributed by atoms with Gasteiger partial charge < -0.3 is 5.32 Å². The van der Waals surface area contributed by atoms with E-state index in [9.17, 15) is 0 Å². The van der Waals surface area contributed by atoms with Crippen molar-refractivity contribution in [2.75, 3.05) is 13.1 Å². The molecule has 1 aromatic heterocycles. The number of hydrogen-bond acceptors (Lipinski definition) is 4. The number of nitrogens with zero attached hydrogens (tertiary/aromatic N) is 2. The molecule has 0 radical (unpaired) electrons. The number of hydrogen-bond donors (Lipinski definition) is 1. The van der Waals surface area contributed by atoms with E-state index >= 15 is 0 Å². The highest BCUT2D eigenvalue weighted by molar-refractivity contribution is 7.09. The highest BCUT2D eigenvalue weighted by Crippen LogP contribution is 2.42. The van der Waals surface area contributed by atoms with Gasteiger partial charge in [0.15, 0.2) is 0 Å². The van der Waals surface area contributed by atoms with E-state index in [1.165, 1.54) is 17.8 Å². The third kappa shape index (κ3) is 2.22. The Labute approximate surface area is 114 Å². The molecule has 0 amide bonds. The standard InChI is InChI=1S/C14H23N3S/c1-10-8-16-14(3,12-4-5-12)9-17(10)11(2)13-15-6-7-18-13/h6-7,10-12,16H,4-5,8-9H2,1-3H3. The van der Waals surface area contributed by atoms with E-state index in [0.29, 0.717) is 17.6 Å². The maximum absolute atomic E-state index is 4.49. The van der Waals surface area contributed by atoms with E-state index in [0.717, 1.165) is 19.0 Å². The Balaban J connectivity index is 1.77. The molecule has 1 aliphatic heterocycles. The third-order valence-corrected chi connectivity index (χ3v) is 5.61. The second-order valence-electron chi connectivity index (χ2n) is 6.14. The van der Waals surface area contributed by atoms with Crippen LogP contribution in [0.1, 0.15) is 44.7 Å². The van der Waals surface area contributed by atoms with Gasteiger partial charge in [-0.15, -0.1) is 11.3 Å². The van der Waals surface area contributed by atoms with Crippen molar-refractivity contribution in [3.8, 4) is 0 Å². The lowest BCUT2D eigenvalue weighted by Gasteiger charge is -2.47. The predicted octanol–water partition coefficient (Wildman–Crippen LogP) is 2.67. The Morgan fingerprint density at radius 3 is 2.94 bits per heavy atom. The average Bonchev–Trinajstić information content (AvgIpc) is 3.09. The molecule has 1 saturated heterocycles. The first kappa shape index (κ1) is 12.6. The molecule has 3 unspecified atom stereocenters. The smallest absolute Gasteiger partial charge is 0.109 e. The van der Waals surface area contributed by atoms with Crippen LogP contribution in [0.15, 0.2) is 11.6 Å². The van der Waals surface area contributed by atoms with Crippen molar-refractivity contribution in [2.45, 2.75) is 51.2 Å². The molecule has 3 rings (SSSR count). The topological polar surface area (TPSA) is 28.2 Å². The predicted molar refractivity (Wildman–Crippen MR) is 75.8 cm³/mol. The van der Waals surface area contributed by atoms with E-state index in [2.05, 4.69) is 41.4 Å². The fourth-order valence-corrected chi connectivity index (χ4v) is 3.90. The van der Waals surface area contributed by atoms with Crippen LogP contribution in [-0.2, 0) is 0 Å². The van der Waals surface area contributed by atoms with Gasteiger partial charge in [-0.3, -0.25) is 4.90 Å². The van der Waals surface area contributed by atoms with Gasteiger partial charge in [0.05, 0.1) is 6.04 Å². The second kappa shape index (κ2) is 4.58. The lowest BCUT2D eigenvalue weighted by atomic mass is 9.90. The van der Waals surface area contributed by atoms with Crippen LogP contribution in [0.2, 0.25) is 0 Å². The van der Waals surface area contributed by atoms with E-state index in [1.807, 2.05) is 6.20 Å². The molecule has 0 bridgehead atoms. The lowest BCUT2D eigenvalue weighted by Crippen LogP contribution is -2.63. The summed E-state index contributed by atoms with van der Waals surface area (Å²) in [5.41, 5.74) is 0.317. The van der Waals surface area contributed by atoms with Crippen LogP contribution in [0.4, 0.5) is 0 Å². The molecular formula is C14H23N3S. The minimum absolute atomic E-state index is 0.317. The van der Waals surface area contributed by atoms with Gasteiger partial charge in [-0.2, -0.15) is 0 Å². The molecule has 1 aliphatic carbocycles. The molecule has 1 aromatic rings. The SMILES string of the molecule is CC1CNC(C)(C2CC2)CN1C(C)c1nccs1. The zero-order valence-electron chi connectivity index (χ0n) is 11.5. The summed E-state index contributed by atoms with van der Waals surface area (Å²) in [5, 5.41) is 7.11. The van der Waals surface area contributed by atoms with Crippen LogP contribution in [0.5, 0.6) is 0 Å². The highest BCUT2D eigenvalue weighted by Gasteiger charge is 2.46. The molecule has 2 fully saturated rings. The summed E-state index contributed by atoms with van der Waals surface area (Å²) in [4.78, 5) is 7.12.